The third kappa shape index (κ3) is 5.56. The summed E-state index contributed by atoms with van der Waals surface area (Å²) in [6.45, 7) is 5.54. The Hall–Kier alpha value is -3.49. The Morgan fingerprint density at radius 3 is 2.58 bits per heavy atom. The van der Waals surface area contributed by atoms with Gasteiger partial charge in [0.05, 0.1) is 6.26 Å². The van der Waals surface area contributed by atoms with Crippen molar-refractivity contribution < 1.29 is 23.1 Å². The van der Waals surface area contributed by atoms with Gasteiger partial charge in [0.2, 0.25) is 5.95 Å². The monoisotopic (exact) mass is 430 g/mol. The maximum Gasteiger partial charge on any atom is 0.341 e. The number of aromatic carboxylic acids is 1. The van der Waals surface area contributed by atoms with Crippen LogP contribution in [0.25, 0.3) is 11.5 Å². The van der Waals surface area contributed by atoms with Gasteiger partial charge in [0.15, 0.2) is 5.76 Å². The number of carboxylic acids is 1. The van der Waals surface area contributed by atoms with Gasteiger partial charge >= 0.3 is 5.97 Å². The van der Waals surface area contributed by atoms with E-state index in [2.05, 4.69) is 20.6 Å². The van der Waals surface area contributed by atoms with Crippen molar-refractivity contribution in [1.29, 1.82) is 0 Å². The van der Waals surface area contributed by atoms with Gasteiger partial charge < -0.3 is 20.2 Å². The number of halogens is 2. The van der Waals surface area contributed by atoms with Gasteiger partial charge in [0.1, 0.15) is 17.1 Å². The molecule has 31 heavy (non-hydrogen) atoms. The summed E-state index contributed by atoms with van der Waals surface area (Å²) >= 11 is 0. The number of rotatable bonds is 9. The molecule has 3 N–H and O–H groups in total. The summed E-state index contributed by atoms with van der Waals surface area (Å²) < 4.78 is 32.7. The summed E-state index contributed by atoms with van der Waals surface area (Å²) in [5, 5.41) is 15.9. The molecule has 0 fully saturated rings. The lowest BCUT2D eigenvalue weighted by molar-refractivity contribution is 0.0174. The first-order valence-electron chi connectivity index (χ1n) is 9.79. The molecule has 0 saturated carbocycles. The maximum absolute atomic E-state index is 13.6. The molecule has 0 aliphatic heterocycles. The van der Waals surface area contributed by atoms with E-state index in [1.165, 1.54) is 24.5 Å². The minimum absolute atomic E-state index is 0.0637. The summed E-state index contributed by atoms with van der Waals surface area (Å²) in [4.78, 5) is 20.7. The second kappa shape index (κ2) is 9.11. The van der Waals surface area contributed by atoms with E-state index in [0.29, 0.717) is 18.0 Å². The minimum atomic E-state index is -2.97. The first-order chi connectivity index (χ1) is 14.6. The highest BCUT2D eigenvalue weighted by Gasteiger charge is 2.25. The smallest absolute Gasteiger partial charge is 0.341 e. The molecule has 0 aliphatic carbocycles. The number of aromatic nitrogens is 2. The van der Waals surface area contributed by atoms with Crippen LogP contribution in [0.1, 0.15) is 42.3 Å². The van der Waals surface area contributed by atoms with Crippen molar-refractivity contribution in [2.24, 2.45) is 5.92 Å². The normalized spacial score (nSPS) is 11.5. The highest BCUT2D eigenvalue weighted by Crippen LogP contribution is 2.30. The highest BCUT2D eigenvalue weighted by atomic mass is 19.3. The molecule has 0 spiro atoms. The fourth-order valence-corrected chi connectivity index (χ4v) is 2.90. The summed E-state index contributed by atoms with van der Waals surface area (Å²) in [7, 11) is 0. The van der Waals surface area contributed by atoms with Gasteiger partial charge in [-0.15, -0.1) is 0 Å². The molecule has 0 aliphatic rings. The molecule has 0 saturated heterocycles. The van der Waals surface area contributed by atoms with Gasteiger partial charge in [0, 0.05) is 25.6 Å². The molecule has 0 unspecified atom stereocenters. The number of nitrogens with zero attached hydrogens (tertiary/aromatic N) is 2. The molecule has 1 aromatic carbocycles. The summed E-state index contributed by atoms with van der Waals surface area (Å²) in [6.07, 6.45) is 1.42. The van der Waals surface area contributed by atoms with Gasteiger partial charge in [-0.05, 0) is 29.7 Å². The Morgan fingerprint density at radius 1 is 1.19 bits per heavy atom. The van der Waals surface area contributed by atoms with Crippen molar-refractivity contribution in [2.75, 3.05) is 17.2 Å². The van der Waals surface area contributed by atoms with E-state index >= 15 is 0 Å². The van der Waals surface area contributed by atoms with Crippen molar-refractivity contribution in [3.8, 4) is 11.5 Å². The number of anilines is 2. The number of furan rings is 1. The van der Waals surface area contributed by atoms with Gasteiger partial charge in [-0.3, -0.25) is 0 Å². The third-order valence-electron chi connectivity index (χ3n) is 4.44. The number of carbonyl (C=O) groups is 1. The van der Waals surface area contributed by atoms with E-state index in [1.807, 2.05) is 13.8 Å². The summed E-state index contributed by atoms with van der Waals surface area (Å²) in [5.74, 6) is -3.32. The third-order valence-corrected chi connectivity index (χ3v) is 4.44. The van der Waals surface area contributed by atoms with Crippen molar-refractivity contribution in [1.82, 2.24) is 9.97 Å². The number of alkyl halides is 2. The summed E-state index contributed by atoms with van der Waals surface area (Å²) in [6, 6.07) is 9.17. The van der Waals surface area contributed by atoms with Gasteiger partial charge in [-0.2, -0.15) is 4.98 Å². The van der Waals surface area contributed by atoms with Crippen LogP contribution in [0.3, 0.4) is 0 Å². The molecule has 9 heteroatoms. The lowest BCUT2D eigenvalue weighted by Crippen LogP contribution is -2.16. The minimum Gasteiger partial charge on any atom is -0.477 e. The number of hydrogen-bond donors (Lipinski definition) is 3. The van der Waals surface area contributed by atoms with E-state index in [9.17, 15) is 18.7 Å². The number of carboxylic acid groups (broad SMARTS) is 1. The predicted molar refractivity (Wildman–Crippen MR) is 113 cm³/mol. The van der Waals surface area contributed by atoms with Crippen molar-refractivity contribution in [2.45, 2.75) is 33.2 Å². The average Bonchev–Trinajstić information content (AvgIpc) is 3.24. The molecular weight excluding hydrogens is 406 g/mol. The SMILES string of the molecule is CC(C)CNc1nc(NCc2cccc(C(C)(F)F)c2)c(C(=O)O)c(-c2ccco2)n1. The Kier molecular flexibility index (Phi) is 6.53. The zero-order chi connectivity index (χ0) is 22.6. The molecule has 2 aromatic heterocycles. The molecule has 0 amide bonds. The fourth-order valence-electron chi connectivity index (χ4n) is 2.90. The molecule has 0 bridgehead atoms. The van der Waals surface area contributed by atoms with Gasteiger partial charge in [-0.25, -0.2) is 18.6 Å². The number of benzene rings is 1. The first kappa shape index (κ1) is 22.2. The topological polar surface area (TPSA) is 100 Å². The van der Waals surface area contributed by atoms with E-state index in [-0.39, 0.29) is 40.9 Å². The molecule has 3 aromatic rings. The van der Waals surface area contributed by atoms with Crippen molar-refractivity contribution in [3.05, 3.63) is 59.4 Å². The molecule has 0 atom stereocenters. The molecule has 164 valence electrons. The van der Waals surface area contributed by atoms with E-state index < -0.39 is 11.9 Å². The largest absolute Gasteiger partial charge is 0.477 e. The lowest BCUT2D eigenvalue weighted by Gasteiger charge is -2.16. The van der Waals surface area contributed by atoms with Crippen molar-refractivity contribution >= 4 is 17.7 Å². The number of hydrogen-bond acceptors (Lipinski definition) is 6. The van der Waals surface area contributed by atoms with Crippen molar-refractivity contribution in [3.63, 3.8) is 0 Å². The van der Waals surface area contributed by atoms with Crippen LogP contribution in [-0.4, -0.2) is 27.6 Å². The zero-order valence-corrected chi connectivity index (χ0v) is 17.4. The van der Waals surface area contributed by atoms with Gasteiger partial charge in [0.25, 0.3) is 5.92 Å². The summed E-state index contributed by atoms with van der Waals surface area (Å²) in [5.41, 5.74) is 0.394. The van der Waals surface area contributed by atoms with Gasteiger partial charge in [-0.1, -0.05) is 32.0 Å². The van der Waals surface area contributed by atoms with Crippen LogP contribution in [0.5, 0.6) is 0 Å². The Labute approximate surface area is 178 Å². The van der Waals surface area contributed by atoms with E-state index in [0.717, 1.165) is 6.92 Å². The fraction of sp³-hybridized carbons (Fsp3) is 0.318. The van der Waals surface area contributed by atoms with Crippen LogP contribution in [-0.2, 0) is 12.5 Å². The predicted octanol–water partition coefficient (Wildman–Crippen LogP) is 5.23. The zero-order valence-electron chi connectivity index (χ0n) is 17.4. The molecule has 2 heterocycles. The molecular formula is C22H24F2N4O3. The maximum atomic E-state index is 13.6. The molecule has 7 nitrogen and oxygen atoms in total. The van der Waals surface area contributed by atoms with Crippen LogP contribution >= 0.6 is 0 Å². The molecule has 3 rings (SSSR count). The first-order valence-corrected chi connectivity index (χ1v) is 9.79. The Bertz CT molecular complexity index is 1050. The quantitative estimate of drug-likeness (QED) is 0.427. The van der Waals surface area contributed by atoms with Crippen LogP contribution < -0.4 is 10.6 Å². The Balaban J connectivity index is 1.98. The second-order valence-electron chi connectivity index (χ2n) is 7.62. The van der Waals surface area contributed by atoms with E-state index in [4.69, 9.17) is 4.42 Å². The number of nitrogens with one attached hydrogen (secondary N) is 2. The molecule has 0 radical (unpaired) electrons. The highest BCUT2D eigenvalue weighted by molar-refractivity contribution is 5.99. The van der Waals surface area contributed by atoms with E-state index in [1.54, 1.807) is 18.2 Å². The second-order valence-corrected chi connectivity index (χ2v) is 7.62. The van der Waals surface area contributed by atoms with Crippen LogP contribution in [0.4, 0.5) is 20.5 Å². The lowest BCUT2D eigenvalue weighted by atomic mass is 10.1. The Morgan fingerprint density at radius 2 is 1.97 bits per heavy atom. The van der Waals surface area contributed by atoms with Crippen LogP contribution in [0.2, 0.25) is 0 Å². The van der Waals surface area contributed by atoms with Crippen LogP contribution in [0, 0.1) is 5.92 Å². The standard InChI is InChI=1S/C22H24F2N4O3/c1-13(2)11-26-21-27-18(16-8-5-9-31-16)17(20(29)30)19(28-21)25-12-14-6-4-7-15(10-14)22(3,23)24/h4-10,13H,11-12H2,1-3H3,(H,29,30)(H2,25,26,27,28). The van der Waals surface area contributed by atoms with Crippen LogP contribution in [0.15, 0.2) is 47.1 Å². The average molecular weight is 430 g/mol.